The summed E-state index contributed by atoms with van der Waals surface area (Å²) in [6.07, 6.45) is 0. The van der Waals surface area contributed by atoms with Crippen molar-refractivity contribution in [2.45, 2.75) is 13.0 Å². The van der Waals surface area contributed by atoms with Crippen molar-refractivity contribution in [2.24, 2.45) is 5.73 Å². The molecule has 0 fully saturated rings. The van der Waals surface area contributed by atoms with Gasteiger partial charge in [0.2, 0.25) is 0 Å². The molecule has 0 saturated carbocycles. The van der Waals surface area contributed by atoms with E-state index in [4.69, 9.17) is 28.9 Å². The number of hydrogen-bond acceptors (Lipinski definition) is 2. The van der Waals surface area contributed by atoms with Crippen molar-refractivity contribution < 1.29 is 0 Å². The van der Waals surface area contributed by atoms with Gasteiger partial charge >= 0.3 is 0 Å². The van der Waals surface area contributed by atoms with Crippen LogP contribution in [0.25, 0.3) is 0 Å². The summed E-state index contributed by atoms with van der Waals surface area (Å²) in [4.78, 5) is 0.951. The van der Waals surface area contributed by atoms with Crippen molar-refractivity contribution in [3.05, 3.63) is 55.7 Å². The Morgan fingerprint density at radius 2 is 1.94 bits per heavy atom. The first-order valence-corrected chi connectivity index (χ1v) is 6.47. The van der Waals surface area contributed by atoms with Crippen molar-refractivity contribution in [1.82, 2.24) is 0 Å². The zero-order chi connectivity index (χ0) is 11.7. The second-order valence-corrected chi connectivity index (χ2v) is 5.40. The topological polar surface area (TPSA) is 26.0 Å². The average molecular weight is 272 g/mol. The van der Waals surface area contributed by atoms with E-state index < -0.39 is 0 Å². The van der Waals surface area contributed by atoms with Crippen LogP contribution in [0.1, 0.15) is 22.0 Å². The quantitative estimate of drug-likeness (QED) is 0.860. The fourth-order valence-corrected chi connectivity index (χ4v) is 3.10. The molecule has 2 rings (SSSR count). The summed E-state index contributed by atoms with van der Waals surface area (Å²) in [5.41, 5.74) is 8.19. The lowest BCUT2D eigenvalue weighted by Crippen LogP contribution is -2.11. The fraction of sp³-hybridized carbons (Fsp3) is 0.167. The molecule has 0 bridgehead atoms. The van der Waals surface area contributed by atoms with Crippen LogP contribution < -0.4 is 5.73 Å². The number of nitrogens with two attached hydrogens (primary N) is 1. The first-order chi connectivity index (χ1) is 7.59. The smallest absolute Gasteiger partial charge is 0.0675 e. The van der Waals surface area contributed by atoms with Gasteiger partial charge in [-0.25, -0.2) is 0 Å². The maximum Gasteiger partial charge on any atom is 0.0675 e. The van der Waals surface area contributed by atoms with Crippen molar-refractivity contribution >= 4 is 34.5 Å². The second kappa shape index (κ2) is 4.76. The predicted octanol–water partition coefficient (Wildman–Crippen LogP) is 4.41. The number of aryl methyl sites for hydroxylation is 1. The summed E-state index contributed by atoms with van der Waals surface area (Å²) in [6.45, 7) is 2.00. The van der Waals surface area contributed by atoms with Crippen LogP contribution in [-0.2, 0) is 0 Å². The van der Waals surface area contributed by atoms with Gasteiger partial charge in [0.25, 0.3) is 0 Å². The normalized spacial score (nSPS) is 12.8. The van der Waals surface area contributed by atoms with E-state index in [-0.39, 0.29) is 6.04 Å². The van der Waals surface area contributed by atoms with Crippen LogP contribution in [0.3, 0.4) is 0 Å². The highest BCUT2D eigenvalue weighted by Crippen LogP contribution is 2.34. The van der Waals surface area contributed by atoms with E-state index in [1.54, 1.807) is 11.3 Å². The van der Waals surface area contributed by atoms with Crippen LogP contribution in [0.5, 0.6) is 0 Å². The summed E-state index contributed by atoms with van der Waals surface area (Å²) < 4.78 is 0. The monoisotopic (exact) mass is 271 g/mol. The molecule has 1 aromatic heterocycles. The van der Waals surface area contributed by atoms with Crippen LogP contribution in [0.2, 0.25) is 10.0 Å². The Bertz CT molecular complexity index is 507. The maximum atomic E-state index is 6.18. The molecule has 4 heteroatoms. The van der Waals surface area contributed by atoms with E-state index in [9.17, 15) is 0 Å². The van der Waals surface area contributed by atoms with E-state index >= 15 is 0 Å². The molecule has 2 aromatic rings. The maximum absolute atomic E-state index is 6.18. The molecular weight excluding hydrogens is 261 g/mol. The first kappa shape index (κ1) is 11.9. The van der Waals surface area contributed by atoms with Gasteiger partial charge in [0.15, 0.2) is 0 Å². The van der Waals surface area contributed by atoms with Crippen LogP contribution >= 0.6 is 34.5 Å². The highest BCUT2D eigenvalue weighted by Gasteiger charge is 2.16. The van der Waals surface area contributed by atoms with Gasteiger partial charge in [0.05, 0.1) is 11.1 Å². The molecule has 84 valence electrons. The third-order valence-corrected chi connectivity index (χ3v) is 4.19. The number of hydrogen-bond donors (Lipinski definition) is 1. The van der Waals surface area contributed by atoms with Gasteiger partial charge in [0, 0.05) is 9.90 Å². The summed E-state index contributed by atoms with van der Waals surface area (Å²) in [5, 5.41) is 3.32. The standard InChI is InChI=1S/C12H11Cl2NS/c1-7-2-3-8(10(14)6-7)11(15)12-9(13)4-5-16-12/h2-6,11H,15H2,1H3. The minimum atomic E-state index is -0.249. The lowest BCUT2D eigenvalue weighted by atomic mass is 10.0. The van der Waals surface area contributed by atoms with Crippen molar-refractivity contribution in [1.29, 1.82) is 0 Å². The molecule has 0 aliphatic heterocycles. The van der Waals surface area contributed by atoms with Crippen LogP contribution in [-0.4, -0.2) is 0 Å². The van der Waals surface area contributed by atoms with E-state index in [0.29, 0.717) is 10.0 Å². The van der Waals surface area contributed by atoms with E-state index in [1.807, 2.05) is 36.6 Å². The minimum absolute atomic E-state index is 0.249. The molecule has 0 aliphatic rings. The molecule has 0 saturated heterocycles. The largest absolute Gasteiger partial charge is 0.320 e. The molecule has 1 unspecified atom stereocenters. The zero-order valence-electron chi connectivity index (χ0n) is 8.71. The van der Waals surface area contributed by atoms with Gasteiger partial charge < -0.3 is 5.73 Å². The summed E-state index contributed by atoms with van der Waals surface area (Å²) in [5.74, 6) is 0. The molecule has 1 aromatic carbocycles. The Kier molecular flexibility index (Phi) is 3.55. The number of benzene rings is 1. The average Bonchev–Trinajstić information content (AvgIpc) is 2.63. The molecule has 1 nitrogen and oxygen atoms in total. The highest BCUT2D eigenvalue weighted by atomic mass is 35.5. The molecule has 0 spiro atoms. The third-order valence-electron chi connectivity index (χ3n) is 2.42. The van der Waals surface area contributed by atoms with Gasteiger partial charge in [-0.15, -0.1) is 11.3 Å². The number of halogens is 2. The molecule has 1 atom stereocenters. The van der Waals surface area contributed by atoms with Crippen molar-refractivity contribution in [2.75, 3.05) is 0 Å². The molecule has 16 heavy (non-hydrogen) atoms. The van der Waals surface area contributed by atoms with Crippen LogP contribution in [0.4, 0.5) is 0 Å². The van der Waals surface area contributed by atoms with Crippen molar-refractivity contribution in [3.63, 3.8) is 0 Å². The van der Waals surface area contributed by atoms with E-state index in [1.165, 1.54) is 0 Å². The van der Waals surface area contributed by atoms with Gasteiger partial charge in [-0.2, -0.15) is 0 Å². The zero-order valence-corrected chi connectivity index (χ0v) is 11.0. The third kappa shape index (κ3) is 2.25. The minimum Gasteiger partial charge on any atom is -0.320 e. The fourth-order valence-electron chi connectivity index (χ4n) is 1.55. The van der Waals surface area contributed by atoms with Crippen LogP contribution in [0.15, 0.2) is 29.6 Å². The Hall–Kier alpha value is -0.540. The Morgan fingerprint density at radius 1 is 1.19 bits per heavy atom. The molecule has 0 aliphatic carbocycles. The molecule has 0 amide bonds. The lowest BCUT2D eigenvalue weighted by Gasteiger charge is -2.13. The Balaban J connectivity index is 2.41. The van der Waals surface area contributed by atoms with E-state index in [2.05, 4.69) is 0 Å². The summed E-state index contributed by atoms with van der Waals surface area (Å²) in [6, 6.07) is 7.48. The second-order valence-electron chi connectivity index (χ2n) is 3.64. The predicted molar refractivity (Wildman–Crippen MR) is 71.5 cm³/mol. The number of rotatable bonds is 2. The Morgan fingerprint density at radius 3 is 2.50 bits per heavy atom. The summed E-state index contributed by atoms with van der Waals surface area (Å²) in [7, 11) is 0. The SMILES string of the molecule is Cc1ccc(C(N)c2sccc2Cl)c(Cl)c1. The van der Waals surface area contributed by atoms with E-state index in [0.717, 1.165) is 16.0 Å². The van der Waals surface area contributed by atoms with Gasteiger partial charge in [-0.1, -0.05) is 35.3 Å². The molecular formula is C12H11Cl2NS. The van der Waals surface area contributed by atoms with Gasteiger partial charge in [-0.3, -0.25) is 0 Å². The van der Waals surface area contributed by atoms with Crippen LogP contribution in [0, 0.1) is 6.92 Å². The number of thiophene rings is 1. The molecule has 0 radical (unpaired) electrons. The Labute approximate surface area is 109 Å². The highest BCUT2D eigenvalue weighted by molar-refractivity contribution is 7.10. The van der Waals surface area contributed by atoms with Gasteiger partial charge in [0.1, 0.15) is 0 Å². The molecule has 2 N–H and O–H groups in total. The van der Waals surface area contributed by atoms with Crippen molar-refractivity contribution in [3.8, 4) is 0 Å². The van der Waals surface area contributed by atoms with Gasteiger partial charge in [-0.05, 0) is 35.6 Å². The summed E-state index contributed by atoms with van der Waals surface area (Å²) >= 11 is 13.8. The molecule has 1 heterocycles. The lowest BCUT2D eigenvalue weighted by molar-refractivity contribution is 0.893. The first-order valence-electron chi connectivity index (χ1n) is 4.84.